The molecule has 1 amide bonds. The average Bonchev–Trinajstić information content (AvgIpc) is 3.18. The lowest BCUT2D eigenvalue weighted by molar-refractivity contribution is -0.137. The molecule has 1 aromatic carbocycles. The first-order valence-corrected chi connectivity index (χ1v) is 12.1. The molecular formula is C20H24ClF3N4O3S. The average molecular weight is 493 g/mol. The molecule has 0 bridgehead atoms. The zero-order valence-corrected chi connectivity index (χ0v) is 19.0. The van der Waals surface area contributed by atoms with E-state index in [0.29, 0.717) is 18.4 Å². The fourth-order valence-electron chi connectivity index (χ4n) is 3.54. The summed E-state index contributed by atoms with van der Waals surface area (Å²) in [5, 5.41) is 6.46. The van der Waals surface area contributed by atoms with Crippen molar-refractivity contribution in [2.75, 3.05) is 18.4 Å². The predicted molar refractivity (Wildman–Crippen MR) is 114 cm³/mol. The van der Waals surface area contributed by atoms with Crippen molar-refractivity contribution in [3.05, 3.63) is 41.0 Å². The summed E-state index contributed by atoms with van der Waals surface area (Å²) in [5.74, 6) is -0.0579. The minimum Gasteiger partial charge on any atom is -0.311 e. The van der Waals surface area contributed by atoms with Crippen molar-refractivity contribution in [1.29, 1.82) is 0 Å². The second-order valence-corrected chi connectivity index (χ2v) is 9.95. The number of anilines is 1. The number of nitrogens with one attached hydrogen (secondary N) is 1. The number of hydrogen-bond acceptors (Lipinski definition) is 4. The normalized spacial score (nSPS) is 16.3. The van der Waals surface area contributed by atoms with E-state index in [1.807, 2.05) is 0 Å². The number of hydrogen-bond donors (Lipinski definition) is 1. The van der Waals surface area contributed by atoms with Gasteiger partial charge in [-0.2, -0.15) is 22.6 Å². The van der Waals surface area contributed by atoms with Crippen molar-refractivity contribution < 1.29 is 26.4 Å². The van der Waals surface area contributed by atoms with Crippen molar-refractivity contribution in [2.45, 2.75) is 50.2 Å². The molecule has 2 aromatic rings. The number of unbranched alkanes of at least 4 members (excludes halogenated alkanes) is 1. The summed E-state index contributed by atoms with van der Waals surface area (Å²) in [7, 11) is -4.15. The molecule has 0 saturated carbocycles. The lowest BCUT2D eigenvalue weighted by atomic mass is 9.97. The first kappa shape index (κ1) is 24.5. The van der Waals surface area contributed by atoms with Gasteiger partial charge in [-0.25, -0.2) is 13.1 Å². The van der Waals surface area contributed by atoms with Crippen LogP contribution in [-0.4, -0.2) is 41.5 Å². The number of sulfonamides is 1. The van der Waals surface area contributed by atoms with Crippen molar-refractivity contribution in [1.82, 2.24) is 14.1 Å². The number of aryl methyl sites for hydroxylation is 1. The Hall–Kier alpha value is -2.11. The number of amides is 1. The molecule has 1 aliphatic rings. The Kier molecular flexibility index (Phi) is 7.51. The van der Waals surface area contributed by atoms with Gasteiger partial charge in [-0.15, -0.1) is 0 Å². The summed E-state index contributed by atoms with van der Waals surface area (Å²) < 4.78 is 67.9. The van der Waals surface area contributed by atoms with Gasteiger partial charge >= 0.3 is 6.18 Å². The van der Waals surface area contributed by atoms with E-state index in [9.17, 15) is 26.4 Å². The Labute approximate surface area is 189 Å². The van der Waals surface area contributed by atoms with Gasteiger partial charge < -0.3 is 5.32 Å². The van der Waals surface area contributed by atoms with Gasteiger partial charge in [0.2, 0.25) is 15.9 Å². The van der Waals surface area contributed by atoms with Crippen LogP contribution >= 0.6 is 11.6 Å². The minimum atomic E-state index is -4.77. The standard InChI is InChI=1S/C20H24ClF3N4O3S/c1-2-3-10-28-18(6-9-25-28)26-19(29)14-7-11-27(12-8-14)32(30,31)15-4-5-17(21)16(13-15)20(22,23)24/h4-6,9,13-14H,2-3,7-8,10-12H2,1H3,(H,26,29). The molecule has 0 aliphatic carbocycles. The van der Waals surface area contributed by atoms with Crippen LogP contribution in [0.25, 0.3) is 0 Å². The van der Waals surface area contributed by atoms with Gasteiger partial charge in [-0.05, 0) is 37.5 Å². The first-order valence-electron chi connectivity index (χ1n) is 10.2. The summed E-state index contributed by atoms with van der Waals surface area (Å²) in [5.41, 5.74) is -1.20. The molecule has 1 N–H and O–H groups in total. The molecule has 1 saturated heterocycles. The molecule has 0 unspecified atom stereocenters. The van der Waals surface area contributed by atoms with Crippen molar-refractivity contribution in [3.8, 4) is 0 Å². The summed E-state index contributed by atoms with van der Waals surface area (Å²) >= 11 is 5.59. The van der Waals surface area contributed by atoms with Gasteiger partial charge in [0.15, 0.2) is 0 Å². The van der Waals surface area contributed by atoms with E-state index < -0.39 is 37.6 Å². The molecule has 1 aromatic heterocycles. The third-order valence-electron chi connectivity index (χ3n) is 5.40. The lowest BCUT2D eigenvalue weighted by Gasteiger charge is -2.30. The Bertz CT molecular complexity index is 1060. The van der Waals surface area contributed by atoms with Gasteiger partial charge in [-0.1, -0.05) is 24.9 Å². The van der Waals surface area contributed by atoms with E-state index in [1.54, 1.807) is 16.9 Å². The summed E-state index contributed by atoms with van der Waals surface area (Å²) in [6.07, 6.45) is -0.749. The Morgan fingerprint density at radius 3 is 2.56 bits per heavy atom. The largest absolute Gasteiger partial charge is 0.417 e. The lowest BCUT2D eigenvalue weighted by Crippen LogP contribution is -2.41. The molecule has 0 spiro atoms. The number of benzene rings is 1. The van der Waals surface area contributed by atoms with Gasteiger partial charge in [0.05, 0.1) is 21.7 Å². The van der Waals surface area contributed by atoms with Crippen molar-refractivity contribution in [3.63, 3.8) is 0 Å². The molecule has 3 rings (SSSR count). The van der Waals surface area contributed by atoms with Crippen LogP contribution < -0.4 is 5.32 Å². The van der Waals surface area contributed by atoms with Crippen LogP contribution in [0.2, 0.25) is 5.02 Å². The molecule has 32 heavy (non-hydrogen) atoms. The quantitative estimate of drug-likeness (QED) is 0.621. The number of halogens is 4. The maximum atomic E-state index is 13.1. The smallest absolute Gasteiger partial charge is 0.311 e. The van der Waals surface area contributed by atoms with Crippen LogP contribution in [0.1, 0.15) is 38.2 Å². The van der Waals surface area contributed by atoms with E-state index in [0.717, 1.165) is 29.3 Å². The zero-order chi connectivity index (χ0) is 23.5. The second kappa shape index (κ2) is 9.80. The van der Waals surface area contributed by atoms with Crippen LogP contribution in [-0.2, 0) is 27.5 Å². The van der Waals surface area contributed by atoms with Gasteiger partial charge in [0, 0.05) is 31.6 Å². The molecule has 0 atom stereocenters. The monoisotopic (exact) mass is 492 g/mol. The van der Waals surface area contributed by atoms with Crippen LogP contribution in [0.3, 0.4) is 0 Å². The van der Waals surface area contributed by atoms with Crippen molar-refractivity contribution in [2.24, 2.45) is 5.92 Å². The number of piperidine rings is 1. The third kappa shape index (κ3) is 5.44. The number of aromatic nitrogens is 2. The molecule has 1 fully saturated rings. The SMILES string of the molecule is CCCCn1nccc1NC(=O)C1CCN(S(=O)(=O)c2ccc(Cl)c(C(F)(F)F)c2)CC1. The Morgan fingerprint density at radius 2 is 1.94 bits per heavy atom. The Balaban J connectivity index is 1.65. The highest BCUT2D eigenvalue weighted by Crippen LogP contribution is 2.36. The minimum absolute atomic E-state index is 0.0273. The summed E-state index contributed by atoms with van der Waals surface area (Å²) in [6, 6.07) is 4.24. The summed E-state index contributed by atoms with van der Waals surface area (Å²) in [4.78, 5) is 12.2. The fourth-order valence-corrected chi connectivity index (χ4v) is 5.26. The molecule has 0 radical (unpaired) electrons. The van der Waals surface area contributed by atoms with Crippen LogP contribution in [0.15, 0.2) is 35.4 Å². The highest BCUT2D eigenvalue weighted by atomic mass is 35.5. The van der Waals surface area contributed by atoms with E-state index in [2.05, 4.69) is 17.3 Å². The molecule has 2 heterocycles. The van der Waals surface area contributed by atoms with Gasteiger partial charge in [0.1, 0.15) is 5.82 Å². The van der Waals surface area contributed by atoms with Crippen molar-refractivity contribution >= 4 is 33.3 Å². The molecule has 12 heteroatoms. The highest BCUT2D eigenvalue weighted by Gasteiger charge is 2.37. The zero-order valence-electron chi connectivity index (χ0n) is 17.4. The summed E-state index contributed by atoms with van der Waals surface area (Å²) in [6.45, 7) is 2.79. The van der Waals surface area contributed by atoms with E-state index in [1.165, 1.54) is 0 Å². The van der Waals surface area contributed by atoms with E-state index in [4.69, 9.17) is 11.6 Å². The van der Waals surface area contributed by atoms with Gasteiger partial charge in [0.25, 0.3) is 0 Å². The second-order valence-electron chi connectivity index (χ2n) is 7.60. The molecular weight excluding hydrogens is 469 g/mol. The van der Waals surface area contributed by atoms with Crippen LogP contribution in [0.4, 0.5) is 19.0 Å². The number of carbonyl (C=O) groups is 1. The van der Waals surface area contributed by atoms with Crippen LogP contribution in [0, 0.1) is 5.92 Å². The molecule has 176 valence electrons. The number of nitrogens with zero attached hydrogens (tertiary/aromatic N) is 3. The predicted octanol–water partition coefficient (Wildman–Crippen LogP) is 4.39. The third-order valence-corrected chi connectivity index (χ3v) is 7.62. The fraction of sp³-hybridized carbons (Fsp3) is 0.500. The number of rotatable bonds is 7. The Morgan fingerprint density at radius 1 is 1.25 bits per heavy atom. The number of carbonyl (C=O) groups excluding carboxylic acids is 1. The topological polar surface area (TPSA) is 84.3 Å². The number of alkyl halides is 3. The van der Waals surface area contributed by atoms with Gasteiger partial charge in [-0.3, -0.25) is 4.79 Å². The van der Waals surface area contributed by atoms with Crippen LogP contribution in [0.5, 0.6) is 0 Å². The molecule has 1 aliphatic heterocycles. The van der Waals surface area contributed by atoms with E-state index in [-0.39, 0.29) is 31.8 Å². The maximum absolute atomic E-state index is 13.1. The molecule has 7 nitrogen and oxygen atoms in total. The highest BCUT2D eigenvalue weighted by molar-refractivity contribution is 7.89. The maximum Gasteiger partial charge on any atom is 0.417 e. The first-order chi connectivity index (χ1) is 15.0. The van der Waals surface area contributed by atoms with E-state index >= 15 is 0 Å².